The molecule has 5 nitrogen and oxygen atoms in total. The molecule has 2 aliphatic rings. The van der Waals surface area contributed by atoms with Crippen molar-refractivity contribution in [3.8, 4) is 0 Å². The maximum absolute atomic E-state index is 4.93. The van der Waals surface area contributed by atoms with Crippen molar-refractivity contribution in [2.45, 2.75) is 38.5 Å². The van der Waals surface area contributed by atoms with Crippen LogP contribution in [0.5, 0.6) is 0 Å². The van der Waals surface area contributed by atoms with E-state index in [9.17, 15) is 0 Å². The lowest BCUT2D eigenvalue weighted by Crippen LogP contribution is -2.40. The molecule has 1 aliphatic heterocycles. The first kappa shape index (κ1) is 16.1. The van der Waals surface area contributed by atoms with Crippen LogP contribution in [-0.2, 0) is 7.05 Å². The predicted molar refractivity (Wildman–Crippen MR) is 94.6 cm³/mol. The lowest BCUT2D eigenvalue weighted by molar-refractivity contribution is 0.463. The summed E-state index contributed by atoms with van der Waals surface area (Å²) in [6, 6.07) is 0. The molecule has 3 rings (SSSR count). The highest BCUT2D eigenvalue weighted by molar-refractivity contribution is 5.80. The standard InChI is InChI=1S/C18H29N5/c1-3-19-18(20-11-15-7-5-4-6-8-15)23-10-9-16(14-23)17-12-21-22(2)13-17/h4-5,12-13,15-16H,3,6-11,14H2,1-2H3,(H,19,20). The second-order valence-corrected chi connectivity index (χ2v) is 6.72. The van der Waals surface area contributed by atoms with Crippen LogP contribution in [0.15, 0.2) is 29.5 Å². The Labute approximate surface area is 139 Å². The molecule has 2 atom stereocenters. The maximum Gasteiger partial charge on any atom is 0.193 e. The quantitative estimate of drug-likeness (QED) is 0.527. The molecular formula is C18H29N5. The number of hydrogen-bond acceptors (Lipinski definition) is 2. The second-order valence-electron chi connectivity index (χ2n) is 6.72. The van der Waals surface area contributed by atoms with Crippen LogP contribution in [0.25, 0.3) is 0 Å². The first-order chi connectivity index (χ1) is 11.3. The highest BCUT2D eigenvalue weighted by Crippen LogP contribution is 2.27. The van der Waals surface area contributed by atoms with Gasteiger partial charge in [-0.15, -0.1) is 0 Å². The van der Waals surface area contributed by atoms with Crippen LogP contribution in [0.4, 0.5) is 0 Å². The Morgan fingerprint density at radius 2 is 2.30 bits per heavy atom. The van der Waals surface area contributed by atoms with Gasteiger partial charge in [-0.2, -0.15) is 5.10 Å². The molecule has 1 fully saturated rings. The predicted octanol–water partition coefficient (Wildman–Crippen LogP) is 2.53. The van der Waals surface area contributed by atoms with Gasteiger partial charge in [0.05, 0.1) is 6.20 Å². The van der Waals surface area contributed by atoms with Crippen molar-refractivity contribution in [2.24, 2.45) is 18.0 Å². The summed E-state index contributed by atoms with van der Waals surface area (Å²) in [4.78, 5) is 7.35. The summed E-state index contributed by atoms with van der Waals surface area (Å²) in [5.41, 5.74) is 1.35. The van der Waals surface area contributed by atoms with Crippen LogP contribution in [0.1, 0.15) is 44.1 Å². The molecule has 1 aromatic rings. The largest absolute Gasteiger partial charge is 0.357 e. The average Bonchev–Trinajstić information content (AvgIpc) is 3.21. The van der Waals surface area contributed by atoms with E-state index in [0.717, 1.165) is 32.1 Å². The van der Waals surface area contributed by atoms with E-state index in [1.165, 1.54) is 31.2 Å². The zero-order valence-electron chi connectivity index (χ0n) is 14.4. The molecule has 126 valence electrons. The number of hydrogen-bond donors (Lipinski definition) is 1. The monoisotopic (exact) mass is 315 g/mol. The van der Waals surface area contributed by atoms with Crippen LogP contribution < -0.4 is 5.32 Å². The van der Waals surface area contributed by atoms with Gasteiger partial charge in [-0.3, -0.25) is 9.67 Å². The fourth-order valence-electron chi connectivity index (χ4n) is 3.54. The molecule has 0 amide bonds. The van der Waals surface area contributed by atoms with Gasteiger partial charge >= 0.3 is 0 Å². The van der Waals surface area contributed by atoms with E-state index < -0.39 is 0 Å². The fraction of sp³-hybridized carbons (Fsp3) is 0.667. The van der Waals surface area contributed by atoms with Crippen molar-refractivity contribution in [1.82, 2.24) is 20.0 Å². The molecule has 1 N–H and O–H groups in total. The summed E-state index contributed by atoms with van der Waals surface area (Å²) < 4.78 is 1.90. The number of likely N-dealkylation sites (tertiary alicyclic amines) is 1. The Morgan fingerprint density at radius 3 is 3.00 bits per heavy atom. The van der Waals surface area contributed by atoms with E-state index in [2.05, 4.69) is 40.6 Å². The minimum atomic E-state index is 0.574. The van der Waals surface area contributed by atoms with E-state index in [1.807, 2.05) is 17.9 Å². The summed E-state index contributed by atoms with van der Waals surface area (Å²) >= 11 is 0. The number of aryl methyl sites for hydroxylation is 1. The van der Waals surface area contributed by atoms with Crippen molar-refractivity contribution < 1.29 is 0 Å². The van der Waals surface area contributed by atoms with Gasteiger partial charge in [-0.25, -0.2) is 0 Å². The lowest BCUT2D eigenvalue weighted by atomic mass is 9.95. The molecule has 0 saturated carbocycles. The molecule has 0 radical (unpaired) electrons. The Balaban J connectivity index is 1.60. The summed E-state index contributed by atoms with van der Waals surface area (Å²) in [7, 11) is 1.99. The first-order valence-electron chi connectivity index (χ1n) is 8.93. The molecule has 2 heterocycles. The summed E-state index contributed by atoms with van der Waals surface area (Å²) in [6.45, 7) is 6.14. The molecule has 23 heavy (non-hydrogen) atoms. The number of guanidine groups is 1. The van der Waals surface area contributed by atoms with Crippen molar-refractivity contribution in [1.29, 1.82) is 0 Å². The molecule has 2 unspecified atom stereocenters. The van der Waals surface area contributed by atoms with Crippen molar-refractivity contribution in [3.05, 3.63) is 30.1 Å². The van der Waals surface area contributed by atoms with Gasteiger partial charge in [0.15, 0.2) is 5.96 Å². The van der Waals surface area contributed by atoms with Gasteiger partial charge in [0.1, 0.15) is 0 Å². The molecule has 0 aromatic carbocycles. The number of nitrogens with one attached hydrogen (secondary N) is 1. The Kier molecular flexibility index (Phi) is 5.36. The Bertz CT molecular complexity index is 560. The third kappa shape index (κ3) is 4.15. The van der Waals surface area contributed by atoms with Crippen molar-refractivity contribution in [3.63, 3.8) is 0 Å². The number of rotatable bonds is 4. The van der Waals surface area contributed by atoms with Gasteiger partial charge in [-0.05, 0) is 44.1 Å². The highest BCUT2D eigenvalue weighted by atomic mass is 15.3. The van der Waals surface area contributed by atoms with Crippen LogP contribution in [-0.4, -0.2) is 46.8 Å². The summed E-state index contributed by atoms with van der Waals surface area (Å²) in [5, 5.41) is 7.79. The van der Waals surface area contributed by atoms with Gasteiger partial charge in [-0.1, -0.05) is 12.2 Å². The average molecular weight is 315 g/mol. The normalized spacial score (nSPS) is 25.1. The molecule has 1 saturated heterocycles. The van der Waals surface area contributed by atoms with Gasteiger partial charge in [0, 0.05) is 45.3 Å². The van der Waals surface area contributed by atoms with Gasteiger partial charge < -0.3 is 10.2 Å². The van der Waals surface area contributed by atoms with Crippen molar-refractivity contribution in [2.75, 3.05) is 26.2 Å². The van der Waals surface area contributed by atoms with Gasteiger partial charge in [0.2, 0.25) is 0 Å². The van der Waals surface area contributed by atoms with E-state index in [0.29, 0.717) is 11.8 Å². The molecular weight excluding hydrogens is 286 g/mol. The van der Waals surface area contributed by atoms with Crippen LogP contribution in [0.3, 0.4) is 0 Å². The molecule has 0 spiro atoms. The maximum atomic E-state index is 4.93. The zero-order chi connectivity index (χ0) is 16.1. The fourth-order valence-corrected chi connectivity index (χ4v) is 3.54. The SMILES string of the molecule is CCNC(=NCC1CC=CCC1)N1CCC(c2cnn(C)c2)C1. The zero-order valence-corrected chi connectivity index (χ0v) is 14.4. The number of nitrogens with zero attached hydrogens (tertiary/aromatic N) is 4. The second kappa shape index (κ2) is 7.66. The van der Waals surface area contributed by atoms with E-state index in [1.54, 1.807) is 0 Å². The molecule has 1 aromatic heterocycles. The molecule has 5 heteroatoms. The smallest absolute Gasteiger partial charge is 0.193 e. The van der Waals surface area contributed by atoms with E-state index in [4.69, 9.17) is 4.99 Å². The topological polar surface area (TPSA) is 45.5 Å². The first-order valence-corrected chi connectivity index (χ1v) is 8.93. The third-order valence-corrected chi connectivity index (χ3v) is 4.90. The summed E-state index contributed by atoms with van der Waals surface area (Å²) in [6.07, 6.45) is 13.6. The van der Waals surface area contributed by atoms with E-state index in [-0.39, 0.29) is 0 Å². The van der Waals surface area contributed by atoms with Gasteiger partial charge in [0.25, 0.3) is 0 Å². The highest BCUT2D eigenvalue weighted by Gasteiger charge is 2.27. The van der Waals surface area contributed by atoms with Crippen LogP contribution in [0.2, 0.25) is 0 Å². The third-order valence-electron chi connectivity index (χ3n) is 4.90. The molecule has 1 aliphatic carbocycles. The van der Waals surface area contributed by atoms with Crippen LogP contribution >= 0.6 is 0 Å². The minimum Gasteiger partial charge on any atom is -0.357 e. The van der Waals surface area contributed by atoms with Crippen molar-refractivity contribution >= 4 is 5.96 Å². The Morgan fingerprint density at radius 1 is 1.39 bits per heavy atom. The number of aliphatic imine (C=N–C) groups is 1. The molecule has 0 bridgehead atoms. The van der Waals surface area contributed by atoms with Crippen LogP contribution in [0, 0.1) is 5.92 Å². The van der Waals surface area contributed by atoms with E-state index >= 15 is 0 Å². The Hall–Kier alpha value is -1.78. The summed E-state index contributed by atoms with van der Waals surface area (Å²) in [5.74, 6) is 2.38. The lowest BCUT2D eigenvalue weighted by Gasteiger charge is -2.23. The number of aromatic nitrogens is 2. The minimum absolute atomic E-state index is 0.574. The number of allylic oxidation sites excluding steroid dienone is 2.